The molecule has 0 aromatic heterocycles. The number of rotatable bonds is 4. The lowest BCUT2D eigenvalue weighted by Gasteiger charge is -2.18. The third-order valence-electron chi connectivity index (χ3n) is 1.92. The van der Waals surface area contributed by atoms with Gasteiger partial charge in [0.2, 0.25) is 5.24 Å². The summed E-state index contributed by atoms with van der Waals surface area (Å²) in [5.74, 6) is 0.812. The van der Waals surface area contributed by atoms with Gasteiger partial charge in [-0.15, -0.1) is 11.8 Å². The molecule has 0 N–H and O–H groups in total. The molecule has 1 aromatic rings. The van der Waals surface area contributed by atoms with Crippen molar-refractivity contribution in [2.45, 2.75) is 24.3 Å². The number of carbonyl (C=O) groups is 1. The van der Waals surface area contributed by atoms with Crippen molar-refractivity contribution in [3.05, 3.63) is 35.9 Å². The van der Waals surface area contributed by atoms with Crippen LogP contribution in [0.5, 0.6) is 0 Å². The van der Waals surface area contributed by atoms with Crippen LogP contribution in [-0.2, 0) is 10.5 Å². The van der Waals surface area contributed by atoms with Crippen molar-refractivity contribution in [2.75, 3.05) is 0 Å². The molecule has 76 valence electrons. The van der Waals surface area contributed by atoms with Crippen molar-refractivity contribution >= 4 is 28.6 Å². The molecule has 3 heteroatoms. The lowest BCUT2D eigenvalue weighted by atomic mass is 10.2. The molecule has 0 spiro atoms. The van der Waals surface area contributed by atoms with Crippen molar-refractivity contribution in [3.8, 4) is 0 Å². The normalized spacial score (nSPS) is 11.4. The Balaban J connectivity index is 2.53. The first-order valence-corrected chi connectivity index (χ1v) is 5.76. The fourth-order valence-corrected chi connectivity index (χ4v) is 1.89. The number of thioether (sulfide) groups is 1. The van der Waals surface area contributed by atoms with Gasteiger partial charge in [-0.25, -0.2) is 0 Å². The highest BCUT2D eigenvalue weighted by Crippen LogP contribution is 2.29. The zero-order chi connectivity index (χ0) is 10.6. The van der Waals surface area contributed by atoms with Gasteiger partial charge in [0.1, 0.15) is 0 Å². The maximum absolute atomic E-state index is 11.0. The molecule has 0 atom stereocenters. The van der Waals surface area contributed by atoms with Gasteiger partial charge < -0.3 is 0 Å². The third-order valence-corrected chi connectivity index (χ3v) is 3.89. The first-order valence-electron chi connectivity index (χ1n) is 4.40. The molecule has 0 unspecified atom stereocenters. The molecule has 0 saturated heterocycles. The largest absolute Gasteiger partial charge is 0.280 e. The van der Waals surface area contributed by atoms with Crippen molar-refractivity contribution in [1.82, 2.24) is 0 Å². The summed E-state index contributed by atoms with van der Waals surface area (Å²) in [5.41, 5.74) is 1.21. The molecule has 1 rings (SSSR count). The van der Waals surface area contributed by atoms with E-state index in [9.17, 15) is 4.79 Å². The summed E-state index contributed by atoms with van der Waals surface area (Å²) in [6.45, 7) is 3.69. The molecule has 14 heavy (non-hydrogen) atoms. The second kappa shape index (κ2) is 4.85. The van der Waals surface area contributed by atoms with Gasteiger partial charge in [0, 0.05) is 5.75 Å². The van der Waals surface area contributed by atoms with Crippen molar-refractivity contribution in [1.29, 1.82) is 0 Å². The summed E-state index contributed by atoms with van der Waals surface area (Å²) in [6, 6.07) is 10.0. The standard InChI is InChI=1S/C11H13ClOS/c1-11(2,10(12)13)14-8-9-6-4-3-5-7-9/h3-7H,8H2,1-2H3. The Labute approximate surface area is 93.8 Å². The maximum Gasteiger partial charge on any atom is 0.237 e. The van der Waals surface area contributed by atoms with E-state index in [-0.39, 0.29) is 5.24 Å². The second-order valence-corrected chi connectivity index (χ2v) is 5.50. The number of hydrogen-bond acceptors (Lipinski definition) is 2. The summed E-state index contributed by atoms with van der Waals surface area (Å²) in [7, 11) is 0. The molecule has 0 aliphatic rings. The lowest BCUT2D eigenvalue weighted by molar-refractivity contribution is -0.113. The maximum atomic E-state index is 11.0. The van der Waals surface area contributed by atoms with E-state index < -0.39 is 4.75 Å². The average Bonchev–Trinajstić information content (AvgIpc) is 2.16. The first-order chi connectivity index (χ1) is 6.52. The molecule has 1 nitrogen and oxygen atoms in total. The highest BCUT2D eigenvalue weighted by Gasteiger charge is 2.25. The van der Waals surface area contributed by atoms with E-state index in [1.165, 1.54) is 5.56 Å². The average molecular weight is 229 g/mol. The number of benzene rings is 1. The van der Waals surface area contributed by atoms with E-state index in [2.05, 4.69) is 0 Å². The monoisotopic (exact) mass is 228 g/mol. The van der Waals surface area contributed by atoms with Crippen LogP contribution in [0.25, 0.3) is 0 Å². The Hall–Kier alpha value is -0.470. The Morgan fingerprint density at radius 3 is 2.43 bits per heavy atom. The predicted molar refractivity (Wildman–Crippen MR) is 62.7 cm³/mol. The van der Waals surface area contributed by atoms with E-state index >= 15 is 0 Å². The fraction of sp³-hybridized carbons (Fsp3) is 0.364. The van der Waals surface area contributed by atoms with Crippen LogP contribution in [-0.4, -0.2) is 9.99 Å². The zero-order valence-electron chi connectivity index (χ0n) is 8.29. The molecule has 0 fully saturated rings. The molecular weight excluding hydrogens is 216 g/mol. The van der Waals surface area contributed by atoms with Crippen LogP contribution in [0.2, 0.25) is 0 Å². The molecule has 0 aliphatic carbocycles. The van der Waals surface area contributed by atoms with Gasteiger partial charge in [-0.2, -0.15) is 0 Å². The Bertz CT molecular complexity index is 308. The summed E-state index contributed by atoms with van der Waals surface area (Å²) in [5, 5.41) is -0.293. The van der Waals surface area contributed by atoms with Gasteiger partial charge in [-0.05, 0) is 31.0 Å². The van der Waals surface area contributed by atoms with Gasteiger partial charge >= 0.3 is 0 Å². The first kappa shape index (κ1) is 11.6. The van der Waals surface area contributed by atoms with Crippen LogP contribution in [0.4, 0.5) is 0 Å². The Morgan fingerprint density at radius 1 is 1.36 bits per heavy atom. The van der Waals surface area contributed by atoms with Crippen LogP contribution < -0.4 is 0 Å². The second-order valence-electron chi connectivity index (χ2n) is 3.56. The van der Waals surface area contributed by atoms with Gasteiger partial charge in [-0.3, -0.25) is 4.79 Å². The van der Waals surface area contributed by atoms with Crippen LogP contribution in [0.15, 0.2) is 30.3 Å². The number of halogens is 1. The number of hydrogen-bond donors (Lipinski definition) is 0. The lowest BCUT2D eigenvalue weighted by Crippen LogP contribution is -2.23. The third kappa shape index (κ3) is 3.35. The molecule has 0 radical (unpaired) electrons. The highest BCUT2D eigenvalue weighted by molar-refractivity contribution is 8.00. The van der Waals surface area contributed by atoms with Crippen LogP contribution in [0.3, 0.4) is 0 Å². The van der Waals surface area contributed by atoms with Gasteiger partial charge in [-0.1, -0.05) is 30.3 Å². The summed E-state index contributed by atoms with van der Waals surface area (Å²) >= 11 is 7.03. The zero-order valence-corrected chi connectivity index (χ0v) is 9.86. The predicted octanol–water partition coefficient (Wildman–Crippen LogP) is 3.46. The van der Waals surface area contributed by atoms with Crippen LogP contribution >= 0.6 is 23.4 Å². The fourth-order valence-electron chi connectivity index (χ4n) is 0.895. The molecule has 1 aromatic carbocycles. The van der Waals surface area contributed by atoms with E-state index in [1.807, 2.05) is 44.2 Å². The molecule has 0 heterocycles. The van der Waals surface area contributed by atoms with Crippen molar-refractivity contribution < 1.29 is 4.79 Å². The van der Waals surface area contributed by atoms with E-state index in [4.69, 9.17) is 11.6 Å². The topological polar surface area (TPSA) is 17.1 Å². The molecule has 0 amide bonds. The summed E-state index contributed by atoms with van der Waals surface area (Å²) in [4.78, 5) is 11.0. The van der Waals surface area contributed by atoms with E-state index in [0.29, 0.717) is 0 Å². The van der Waals surface area contributed by atoms with Gasteiger partial charge in [0.15, 0.2) is 0 Å². The summed E-state index contributed by atoms with van der Waals surface area (Å²) < 4.78 is -0.503. The SMILES string of the molecule is CC(C)(SCc1ccccc1)C(=O)Cl. The van der Waals surface area contributed by atoms with Crippen LogP contribution in [0.1, 0.15) is 19.4 Å². The smallest absolute Gasteiger partial charge is 0.237 e. The van der Waals surface area contributed by atoms with E-state index in [0.717, 1.165) is 5.75 Å². The summed E-state index contributed by atoms with van der Waals surface area (Å²) in [6.07, 6.45) is 0. The highest BCUT2D eigenvalue weighted by atomic mass is 35.5. The molecule has 0 aliphatic heterocycles. The van der Waals surface area contributed by atoms with Crippen molar-refractivity contribution in [3.63, 3.8) is 0 Å². The van der Waals surface area contributed by atoms with Gasteiger partial charge in [0.05, 0.1) is 4.75 Å². The molecule has 0 bridgehead atoms. The minimum absolute atomic E-state index is 0.293. The Kier molecular flexibility index (Phi) is 4.02. The van der Waals surface area contributed by atoms with E-state index in [1.54, 1.807) is 11.8 Å². The molecule has 0 saturated carbocycles. The van der Waals surface area contributed by atoms with Crippen LogP contribution in [0, 0.1) is 0 Å². The minimum atomic E-state index is -0.503. The quantitative estimate of drug-likeness (QED) is 0.735. The van der Waals surface area contributed by atoms with Gasteiger partial charge in [0.25, 0.3) is 0 Å². The molecular formula is C11H13ClOS. The van der Waals surface area contributed by atoms with Crippen molar-refractivity contribution in [2.24, 2.45) is 0 Å². The number of carbonyl (C=O) groups excluding carboxylic acids is 1. The minimum Gasteiger partial charge on any atom is -0.280 e. The Morgan fingerprint density at radius 2 is 1.93 bits per heavy atom.